The van der Waals surface area contributed by atoms with E-state index in [2.05, 4.69) is 16.8 Å². The fraction of sp³-hybridized carbons (Fsp3) is 0.273. The molecule has 1 rings (SSSR count). The number of aliphatic hydroxyl groups is 1. The zero-order valence-corrected chi connectivity index (χ0v) is 8.40. The Kier molecular flexibility index (Phi) is 4.42. The van der Waals surface area contributed by atoms with Crippen molar-refractivity contribution in [1.82, 2.24) is 4.98 Å². The van der Waals surface area contributed by atoms with Gasteiger partial charge in [0.1, 0.15) is 11.5 Å². The van der Waals surface area contributed by atoms with E-state index in [0.717, 1.165) is 6.07 Å². The van der Waals surface area contributed by atoms with Crippen LogP contribution in [0.25, 0.3) is 0 Å². The van der Waals surface area contributed by atoms with Crippen LogP contribution in [0.5, 0.6) is 0 Å². The SMILES string of the molecule is O=C(O)Cc1nc(C#CCCO)ccc1F. The number of aliphatic hydroxyl groups excluding tert-OH is 1. The number of hydrogen-bond donors (Lipinski definition) is 2. The molecule has 0 bridgehead atoms. The number of rotatable bonds is 3. The maximum absolute atomic E-state index is 13.1. The molecule has 1 heterocycles. The second-order valence-electron chi connectivity index (χ2n) is 2.97. The van der Waals surface area contributed by atoms with Crippen molar-refractivity contribution in [2.75, 3.05) is 6.61 Å². The minimum atomic E-state index is -1.15. The monoisotopic (exact) mass is 223 g/mol. The minimum absolute atomic E-state index is 0.0593. The van der Waals surface area contributed by atoms with Crippen LogP contribution >= 0.6 is 0 Å². The lowest BCUT2D eigenvalue weighted by atomic mass is 10.2. The fourth-order valence-electron chi connectivity index (χ4n) is 1.03. The normalized spacial score (nSPS) is 9.38. The smallest absolute Gasteiger partial charge is 0.309 e. The highest BCUT2D eigenvalue weighted by molar-refractivity contribution is 5.69. The van der Waals surface area contributed by atoms with Gasteiger partial charge in [-0.15, -0.1) is 0 Å². The van der Waals surface area contributed by atoms with Crippen molar-refractivity contribution in [3.8, 4) is 11.8 Å². The highest BCUT2D eigenvalue weighted by Gasteiger charge is 2.08. The lowest BCUT2D eigenvalue weighted by Gasteiger charge is -1.99. The second-order valence-corrected chi connectivity index (χ2v) is 2.97. The van der Waals surface area contributed by atoms with E-state index in [1.807, 2.05) is 0 Å². The van der Waals surface area contributed by atoms with Crippen molar-refractivity contribution in [3.05, 3.63) is 29.3 Å². The Bertz CT molecular complexity index is 448. The van der Waals surface area contributed by atoms with E-state index >= 15 is 0 Å². The molecule has 2 N–H and O–H groups in total. The average molecular weight is 223 g/mol. The molecular weight excluding hydrogens is 213 g/mol. The summed E-state index contributed by atoms with van der Waals surface area (Å²) in [4.78, 5) is 14.2. The van der Waals surface area contributed by atoms with Crippen LogP contribution in [0, 0.1) is 17.7 Å². The molecule has 0 amide bonds. The Hall–Kier alpha value is -1.93. The standard InChI is InChI=1S/C11H10FNO3/c12-9-5-4-8(3-1-2-6-14)13-10(9)7-11(15)16/h4-5,14H,2,6-7H2,(H,15,16). The van der Waals surface area contributed by atoms with Crippen LogP contribution in [0.2, 0.25) is 0 Å². The third kappa shape index (κ3) is 3.67. The third-order valence-corrected chi connectivity index (χ3v) is 1.69. The number of halogens is 1. The largest absolute Gasteiger partial charge is 0.481 e. The molecule has 1 aromatic rings. The van der Waals surface area contributed by atoms with Crippen molar-refractivity contribution in [1.29, 1.82) is 0 Å². The molecule has 0 aromatic carbocycles. The summed E-state index contributed by atoms with van der Waals surface area (Å²) in [5.41, 5.74) is 0.161. The van der Waals surface area contributed by atoms with E-state index in [-0.39, 0.29) is 12.3 Å². The maximum atomic E-state index is 13.1. The molecule has 0 spiro atoms. The Morgan fingerprint density at radius 2 is 2.25 bits per heavy atom. The predicted octanol–water partition coefficient (Wildman–Crippen LogP) is 0.582. The minimum Gasteiger partial charge on any atom is -0.481 e. The molecule has 84 valence electrons. The number of pyridine rings is 1. The summed E-state index contributed by atoms with van der Waals surface area (Å²) in [6.45, 7) is -0.0593. The number of nitrogens with zero attached hydrogens (tertiary/aromatic N) is 1. The zero-order valence-electron chi connectivity index (χ0n) is 8.40. The first kappa shape index (κ1) is 12.1. The van der Waals surface area contributed by atoms with E-state index < -0.39 is 18.2 Å². The van der Waals surface area contributed by atoms with Crippen LogP contribution in [0.3, 0.4) is 0 Å². The summed E-state index contributed by atoms with van der Waals surface area (Å²) >= 11 is 0. The van der Waals surface area contributed by atoms with Crippen LogP contribution < -0.4 is 0 Å². The first-order valence-corrected chi connectivity index (χ1v) is 4.60. The number of carboxylic acids is 1. The van der Waals surface area contributed by atoms with E-state index in [1.54, 1.807) is 0 Å². The molecule has 0 radical (unpaired) electrons. The maximum Gasteiger partial charge on any atom is 0.309 e. The Morgan fingerprint density at radius 1 is 1.50 bits per heavy atom. The van der Waals surface area contributed by atoms with Gasteiger partial charge in [-0.05, 0) is 18.1 Å². The summed E-state index contributed by atoms with van der Waals surface area (Å²) in [7, 11) is 0. The second kappa shape index (κ2) is 5.83. The summed E-state index contributed by atoms with van der Waals surface area (Å²) in [5, 5.41) is 17.0. The van der Waals surface area contributed by atoms with Gasteiger partial charge in [0.05, 0.1) is 18.7 Å². The summed E-state index contributed by atoms with van der Waals surface area (Å²) in [5.74, 6) is 3.42. The van der Waals surface area contributed by atoms with Gasteiger partial charge >= 0.3 is 5.97 Å². The number of aliphatic carboxylic acids is 1. The van der Waals surface area contributed by atoms with E-state index in [4.69, 9.17) is 10.2 Å². The molecule has 0 unspecified atom stereocenters. The van der Waals surface area contributed by atoms with Gasteiger partial charge in [-0.1, -0.05) is 5.92 Å². The lowest BCUT2D eigenvalue weighted by molar-refractivity contribution is -0.136. The lowest BCUT2D eigenvalue weighted by Crippen LogP contribution is -2.05. The van der Waals surface area contributed by atoms with Gasteiger partial charge < -0.3 is 10.2 Å². The van der Waals surface area contributed by atoms with Gasteiger partial charge in [0.25, 0.3) is 0 Å². The van der Waals surface area contributed by atoms with Crippen LogP contribution in [-0.2, 0) is 11.2 Å². The Labute approximate surface area is 91.8 Å². The van der Waals surface area contributed by atoms with Gasteiger partial charge in [0, 0.05) is 6.42 Å². The molecule has 0 fully saturated rings. The molecule has 0 aliphatic carbocycles. The highest BCUT2D eigenvalue weighted by atomic mass is 19.1. The summed E-state index contributed by atoms with van der Waals surface area (Å²) in [6, 6.07) is 2.50. The topological polar surface area (TPSA) is 70.4 Å². The average Bonchev–Trinajstić information content (AvgIpc) is 2.22. The Morgan fingerprint density at radius 3 is 2.88 bits per heavy atom. The van der Waals surface area contributed by atoms with Crippen molar-refractivity contribution >= 4 is 5.97 Å². The molecule has 0 atom stereocenters. The van der Waals surface area contributed by atoms with Crippen LogP contribution in [0.4, 0.5) is 4.39 Å². The van der Waals surface area contributed by atoms with Gasteiger partial charge in [-0.2, -0.15) is 0 Å². The summed E-state index contributed by atoms with van der Waals surface area (Å²) < 4.78 is 13.1. The third-order valence-electron chi connectivity index (χ3n) is 1.69. The number of hydrogen-bond acceptors (Lipinski definition) is 3. The van der Waals surface area contributed by atoms with Gasteiger partial charge in [-0.25, -0.2) is 9.37 Å². The number of carbonyl (C=O) groups is 1. The zero-order chi connectivity index (χ0) is 12.0. The van der Waals surface area contributed by atoms with Crippen LogP contribution in [0.1, 0.15) is 17.8 Å². The van der Waals surface area contributed by atoms with Gasteiger partial charge in [0.15, 0.2) is 0 Å². The molecule has 4 nitrogen and oxygen atoms in total. The van der Waals surface area contributed by atoms with Crippen molar-refractivity contribution in [2.45, 2.75) is 12.8 Å². The number of aromatic nitrogens is 1. The summed E-state index contributed by atoms with van der Waals surface area (Å²) in [6.07, 6.45) is -0.172. The first-order chi connectivity index (χ1) is 7.63. The molecule has 16 heavy (non-hydrogen) atoms. The Balaban J connectivity index is 2.90. The fourth-order valence-corrected chi connectivity index (χ4v) is 1.03. The predicted molar refractivity (Wildman–Crippen MR) is 54.1 cm³/mol. The highest BCUT2D eigenvalue weighted by Crippen LogP contribution is 2.06. The molecule has 5 heteroatoms. The molecular formula is C11H10FNO3. The van der Waals surface area contributed by atoms with E-state index in [0.29, 0.717) is 12.1 Å². The number of carboxylic acid groups (broad SMARTS) is 1. The first-order valence-electron chi connectivity index (χ1n) is 4.60. The quantitative estimate of drug-likeness (QED) is 0.735. The van der Waals surface area contributed by atoms with Crippen molar-refractivity contribution in [3.63, 3.8) is 0 Å². The van der Waals surface area contributed by atoms with Crippen LogP contribution in [-0.4, -0.2) is 27.8 Å². The molecule has 0 aliphatic heterocycles. The van der Waals surface area contributed by atoms with E-state index in [1.165, 1.54) is 6.07 Å². The van der Waals surface area contributed by atoms with Gasteiger partial charge in [-0.3, -0.25) is 4.79 Å². The van der Waals surface area contributed by atoms with Crippen molar-refractivity contribution < 1.29 is 19.4 Å². The van der Waals surface area contributed by atoms with Gasteiger partial charge in [0.2, 0.25) is 0 Å². The molecule has 1 aromatic heterocycles. The van der Waals surface area contributed by atoms with Crippen molar-refractivity contribution in [2.24, 2.45) is 0 Å². The van der Waals surface area contributed by atoms with E-state index in [9.17, 15) is 9.18 Å². The molecule has 0 aliphatic rings. The van der Waals surface area contributed by atoms with Crippen LogP contribution in [0.15, 0.2) is 12.1 Å². The molecule has 0 saturated heterocycles. The molecule has 0 saturated carbocycles.